The predicted molar refractivity (Wildman–Crippen MR) is 102 cm³/mol. The summed E-state index contributed by atoms with van der Waals surface area (Å²) in [6.45, 7) is 2.70. The minimum atomic E-state index is -4.38. The van der Waals surface area contributed by atoms with E-state index in [4.69, 9.17) is 4.52 Å². The van der Waals surface area contributed by atoms with Crippen molar-refractivity contribution in [2.24, 2.45) is 0 Å². The molecule has 0 bridgehead atoms. The number of hydrogen-bond donors (Lipinski definition) is 0. The van der Waals surface area contributed by atoms with Gasteiger partial charge in [0.05, 0.1) is 18.2 Å². The molecule has 0 N–H and O–H groups in total. The Kier molecular flexibility index (Phi) is 5.82. The molecule has 2 fully saturated rings. The number of amides is 1. The molecular formula is C19H21F3N4O2S. The number of benzene rings is 1. The molecule has 0 spiro atoms. The molecule has 2 saturated heterocycles. The Hall–Kier alpha value is -2.07. The Morgan fingerprint density at radius 2 is 1.90 bits per heavy atom. The van der Waals surface area contributed by atoms with E-state index in [-0.39, 0.29) is 17.8 Å². The van der Waals surface area contributed by atoms with Gasteiger partial charge < -0.3 is 9.42 Å². The molecule has 29 heavy (non-hydrogen) atoms. The van der Waals surface area contributed by atoms with Crippen LogP contribution in [0, 0.1) is 0 Å². The lowest BCUT2D eigenvalue weighted by atomic mass is 10.1. The maximum atomic E-state index is 12.9. The van der Waals surface area contributed by atoms with Crippen molar-refractivity contribution < 1.29 is 22.5 Å². The topological polar surface area (TPSA) is 62.5 Å². The van der Waals surface area contributed by atoms with Crippen molar-refractivity contribution in [3.63, 3.8) is 0 Å². The lowest BCUT2D eigenvalue weighted by Crippen LogP contribution is -2.48. The van der Waals surface area contributed by atoms with E-state index >= 15 is 0 Å². The highest BCUT2D eigenvalue weighted by Gasteiger charge is 2.35. The fraction of sp³-hybridized carbons (Fsp3) is 0.526. The first-order valence-corrected chi connectivity index (χ1v) is 10.7. The zero-order valence-corrected chi connectivity index (χ0v) is 16.5. The van der Waals surface area contributed by atoms with Crippen molar-refractivity contribution in [1.29, 1.82) is 0 Å². The summed E-state index contributed by atoms with van der Waals surface area (Å²) >= 11 is 1.86. The second-order valence-electron chi connectivity index (χ2n) is 7.15. The number of alkyl halides is 3. The van der Waals surface area contributed by atoms with Gasteiger partial charge in [0.2, 0.25) is 17.6 Å². The van der Waals surface area contributed by atoms with Gasteiger partial charge in [-0.05, 0) is 31.5 Å². The van der Waals surface area contributed by atoms with E-state index in [1.807, 2.05) is 21.6 Å². The van der Waals surface area contributed by atoms with Gasteiger partial charge in [-0.15, -0.1) is 0 Å². The Morgan fingerprint density at radius 3 is 2.59 bits per heavy atom. The fourth-order valence-corrected chi connectivity index (χ4v) is 4.61. The van der Waals surface area contributed by atoms with Gasteiger partial charge in [0, 0.05) is 30.2 Å². The van der Waals surface area contributed by atoms with Gasteiger partial charge >= 0.3 is 6.18 Å². The monoisotopic (exact) mass is 426 g/mol. The maximum Gasteiger partial charge on any atom is 0.416 e. The number of halogens is 3. The van der Waals surface area contributed by atoms with Gasteiger partial charge in [-0.3, -0.25) is 9.69 Å². The van der Waals surface area contributed by atoms with Crippen LogP contribution in [-0.4, -0.2) is 63.0 Å². The minimum absolute atomic E-state index is 0.158. The predicted octanol–water partition coefficient (Wildman–Crippen LogP) is 3.30. The van der Waals surface area contributed by atoms with Crippen molar-refractivity contribution in [1.82, 2.24) is 19.9 Å². The third-order valence-corrected chi connectivity index (χ3v) is 6.19. The van der Waals surface area contributed by atoms with Crippen LogP contribution in [0.3, 0.4) is 0 Å². The van der Waals surface area contributed by atoms with E-state index < -0.39 is 11.7 Å². The van der Waals surface area contributed by atoms with Crippen molar-refractivity contribution in [3.05, 3.63) is 35.7 Å². The maximum absolute atomic E-state index is 12.9. The molecule has 0 aliphatic carbocycles. The number of nitrogens with zero attached hydrogens (tertiary/aromatic N) is 4. The van der Waals surface area contributed by atoms with Crippen LogP contribution in [0.4, 0.5) is 13.2 Å². The third kappa shape index (κ3) is 4.58. The molecule has 1 aromatic carbocycles. The van der Waals surface area contributed by atoms with Gasteiger partial charge in [0.15, 0.2) is 0 Å². The van der Waals surface area contributed by atoms with Crippen molar-refractivity contribution >= 4 is 17.7 Å². The van der Waals surface area contributed by atoms with Crippen LogP contribution in [0.2, 0.25) is 0 Å². The second-order valence-corrected chi connectivity index (χ2v) is 8.38. The number of hydrogen-bond acceptors (Lipinski definition) is 6. The van der Waals surface area contributed by atoms with E-state index in [1.54, 1.807) is 0 Å². The van der Waals surface area contributed by atoms with Crippen LogP contribution >= 0.6 is 11.8 Å². The van der Waals surface area contributed by atoms with E-state index in [9.17, 15) is 18.0 Å². The quantitative estimate of drug-likeness (QED) is 0.748. The molecule has 2 aliphatic rings. The Bertz CT molecular complexity index is 850. The summed E-state index contributed by atoms with van der Waals surface area (Å²) in [6.07, 6.45) is -2.65. The first-order valence-electron chi connectivity index (χ1n) is 9.52. The number of likely N-dealkylation sites (tertiary alicyclic amines) is 1. The number of rotatable bonds is 4. The summed E-state index contributed by atoms with van der Waals surface area (Å²) < 4.78 is 43.4. The molecule has 0 saturated carbocycles. The lowest BCUT2D eigenvalue weighted by molar-refractivity contribution is -0.137. The molecule has 1 amide bonds. The molecule has 4 rings (SSSR count). The Morgan fingerprint density at radius 1 is 1.17 bits per heavy atom. The SMILES string of the molecule is O=C(C1CCCN1Cc1nc(-c2ccc(C(F)(F)F)cc2)no1)N1CCSCC1. The average Bonchev–Trinajstić information content (AvgIpc) is 3.38. The van der Waals surface area contributed by atoms with Crippen LogP contribution < -0.4 is 0 Å². The van der Waals surface area contributed by atoms with E-state index in [0.717, 1.165) is 56.1 Å². The standard InChI is InChI=1S/C19H21F3N4O2S/c20-19(21,22)14-5-3-13(4-6-14)17-23-16(28-24-17)12-26-7-1-2-15(26)18(27)25-8-10-29-11-9-25/h3-6,15H,1-2,7-12H2. The normalized spacial score (nSPS) is 20.9. The minimum Gasteiger partial charge on any atom is -0.340 e. The summed E-state index contributed by atoms with van der Waals surface area (Å²) in [5.74, 6) is 2.69. The molecule has 2 aliphatic heterocycles. The number of thioether (sulfide) groups is 1. The molecule has 1 unspecified atom stereocenters. The summed E-state index contributed by atoms with van der Waals surface area (Å²) in [7, 11) is 0. The highest BCUT2D eigenvalue weighted by molar-refractivity contribution is 7.99. The highest BCUT2D eigenvalue weighted by atomic mass is 32.2. The van der Waals surface area contributed by atoms with Crippen LogP contribution in [-0.2, 0) is 17.5 Å². The van der Waals surface area contributed by atoms with Gasteiger partial charge in [-0.2, -0.15) is 29.9 Å². The molecule has 1 aromatic heterocycles. The molecule has 1 atom stereocenters. The Labute approximate surface area is 170 Å². The van der Waals surface area contributed by atoms with Crippen molar-refractivity contribution in [2.45, 2.75) is 31.6 Å². The van der Waals surface area contributed by atoms with Gasteiger partial charge in [0.25, 0.3) is 0 Å². The highest BCUT2D eigenvalue weighted by Crippen LogP contribution is 2.30. The van der Waals surface area contributed by atoms with Gasteiger partial charge in [-0.1, -0.05) is 17.3 Å². The molecule has 6 nitrogen and oxygen atoms in total. The number of carbonyl (C=O) groups excluding carboxylic acids is 1. The summed E-state index contributed by atoms with van der Waals surface area (Å²) in [5, 5.41) is 3.89. The van der Waals surface area contributed by atoms with Crippen LogP contribution in [0.25, 0.3) is 11.4 Å². The summed E-state index contributed by atoms with van der Waals surface area (Å²) in [5.41, 5.74) is -0.271. The third-order valence-electron chi connectivity index (χ3n) is 5.25. The summed E-state index contributed by atoms with van der Waals surface area (Å²) in [6, 6.07) is 4.47. The van der Waals surface area contributed by atoms with Crippen molar-refractivity contribution in [3.8, 4) is 11.4 Å². The second kappa shape index (κ2) is 8.35. The molecular weight excluding hydrogens is 405 g/mol. The zero-order chi connectivity index (χ0) is 20.4. The van der Waals surface area contributed by atoms with Crippen molar-refractivity contribution in [2.75, 3.05) is 31.1 Å². The zero-order valence-electron chi connectivity index (χ0n) is 15.7. The number of aromatic nitrogens is 2. The first kappa shape index (κ1) is 20.2. The number of carbonyl (C=O) groups is 1. The molecule has 0 radical (unpaired) electrons. The average molecular weight is 426 g/mol. The molecule has 10 heteroatoms. The lowest BCUT2D eigenvalue weighted by Gasteiger charge is -2.31. The van der Waals surface area contributed by atoms with Gasteiger partial charge in [0.1, 0.15) is 0 Å². The molecule has 3 heterocycles. The van der Waals surface area contributed by atoms with Crippen LogP contribution in [0.15, 0.2) is 28.8 Å². The van der Waals surface area contributed by atoms with Crippen LogP contribution in [0.5, 0.6) is 0 Å². The van der Waals surface area contributed by atoms with E-state index in [2.05, 4.69) is 10.1 Å². The summed E-state index contributed by atoms with van der Waals surface area (Å²) in [4.78, 5) is 21.2. The first-order chi connectivity index (χ1) is 13.9. The van der Waals surface area contributed by atoms with E-state index in [1.165, 1.54) is 12.1 Å². The smallest absolute Gasteiger partial charge is 0.340 e. The molecule has 2 aromatic rings. The van der Waals surface area contributed by atoms with Gasteiger partial charge in [-0.25, -0.2) is 0 Å². The largest absolute Gasteiger partial charge is 0.416 e. The van der Waals surface area contributed by atoms with E-state index in [0.29, 0.717) is 18.0 Å². The molecule has 156 valence electrons. The Balaban J connectivity index is 1.42. The fourth-order valence-electron chi connectivity index (χ4n) is 3.71. The van der Waals surface area contributed by atoms with Crippen LogP contribution in [0.1, 0.15) is 24.3 Å².